The molecule has 1 aromatic carbocycles. The van der Waals surface area contributed by atoms with Gasteiger partial charge in [-0.25, -0.2) is 0 Å². The van der Waals surface area contributed by atoms with Crippen molar-refractivity contribution in [2.75, 3.05) is 0 Å². The zero-order valence-corrected chi connectivity index (χ0v) is 7.92. The number of benzene rings is 1. The van der Waals surface area contributed by atoms with E-state index in [1.807, 2.05) is 6.07 Å². The van der Waals surface area contributed by atoms with Gasteiger partial charge in [0.15, 0.2) is 0 Å². The molecule has 0 spiro atoms. The van der Waals surface area contributed by atoms with E-state index in [2.05, 4.69) is 19.1 Å². The Labute approximate surface area is 78.7 Å². The Morgan fingerprint density at radius 3 is 3.00 bits per heavy atom. The van der Waals surface area contributed by atoms with Crippen molar-refractivity contribution in [2.24, 2.45) is 11.8 Å². The Morgan fingerprint density at radius 2 is 2.23 bits per heavy atom. The Bertz CT molecular complexity index is 309. The normalized spacial score (nSPS) is 20.9. The van der Waals surface area contributed by atoms with Gasteiger partial charge in [-0.2, -0.15) is 5.90 Å². The summed E-state index contributed by atoms with van der Waals surface area (Å²) in [7, 11) is 0. The first kappa shape index (κ1) is 8.57. The maximum atomic E-state index is 5.12. The topological polar surface area (TPSA) is 35.2 Å². The fourth-order valence-corrected chi connectivity index (χ4v) is 1.99. The van der Waals surface area contributed by atoms with Crippen LogP contribution in [0.2, 0.25) is 0 Å². The maximum Gasteiger partial charge on any atom is 0.147 e. The zero-order valence-electron chi connectivity index (χ0n) is 7.92. The summed E-state index contributed by atoms with van der Waals surface area (Å²) in [4.78, 5) is 4.72. The van der Waals surface area contributed by atoms with Crippen LogP contribution in [-0.4, -0.2) is 0 Å². The quantitative estimate of drug-likeness (QED) is 0.666. The van der Waals surface area contributed by atoms with Crippen LogP contribution < -0.4 is 10.7 Å². The first-order valence-electron chi connectivity index (χ1n) is 4.78. The van der Waals surface area contributed by atoms with Crippen molar-refractivity contribution in [3.63, 3.8) is 0 Å². The second kappa shape index (κ2) is 3.38. The fraction of sp³-hybridized carbons (Fsp3) is 0.455. The summed E-state index contributed by atoms with van der Waals surface area (Å²) >= 11 is 0. The van der Waals surface area contributed by atoms with Crippen LogP contribution in [0, 0.1) is 5.92 Å². The molecule has 0 aromatic heterocycles. The molecule has 2 N–H and O–H groups in total. The first-order chi connectivity index (χ1) is 6.29. The molecule has 1 aromatic rings. The van der Waals surface area contributed by atoms with Crippen LogP contribution in [0.4, 0.5) is 0 Å². The standard InChI is InChI=1S/C11H15NO/c1-8-2-3-9-4-5-11(13-12)7-10(9)6-8/h4-5,7-8H,2-3,6,12H2,1H3. The number of hydrogen-bond donors (Lipinski definition) is 1. The van der Waals surface area contributed by atoms with Crippen LogP contribution in [0.3, 0.4) is 0 Å². The van der Waals surface area contributed by atoms with Crippen molar-refractivity contribution in [3.8, 4) is 5.75 Å². The molecule has 13 heavy (non-hydrogen) atoms. The highest BCUT2D eigenvalue weighted by molar-refractivity contribution is 5.37. The summed E-state index contributed by atoms with van der Waals surface area (Å²) in [6.07, 6.45) is 3.66. The third-order valence-electron chi connectivity index (χ3n) is 2.79. The highest BCUT2D eigenvalue weighted by Crippen LogP contribution is 2.27. The van der Waals surface area contributed by atoms with Gasteiger partial charge in [0.1, 0.15) is 5.75 Å². The molecule has 1 aliphatic rings. The van der Waals surface area contributed by atoms with Crippen LogP contribution >= 0.6 is 0 Å². The van der Waals surface area contributed by atoms with Crippen LogP contribution in [0.25, 0.3) is 0 Å². The summed E-state index contributed by atoms with van der Waals surface area (Å²) in [6, 6.07) is 6.13. The van der Waals surface area contributed by atoms with Gasteiger partial charge in [-0.3, -0.25) is 0 Å². The number of aryl methyl sites for hydroxylation is 1. The van der Waals surface area contributed by atoms with E-state index in [1.54, 1.807) is 0 Å². The van der Waals surface area contributed by atoms with E-state index in [0.29, 0.717) is 0 Å². The first-order valence-corrected chi connectivity index (χ1v) is 4.78. The number of rotatable bonds is 1. The van der Waals surface area contributed by atoms with E-state index in [-0.39, 0.29) is 0 Å². The third kappa shape index (κ3) is 1.68. The Morgan fingerprint density at radius 1 is 1.38 bits per heavy atom. The van der Waals surface area contributed by atoms with Gasteiger partial charge in [0.2, 0.25) is 0 Å². The molecule has 0 radical (unpaired) electrons. The molecule has 0 bridgehead atoms. The van der Waals surface area contributed by atoms with Crippen molar-refractivity contribution in [1.29, 1.82) is 0 Å². The van der Waals surface area contributed by atoms with Crippen molar-refractivity contribution in [1.82, 2.24) is 0 Å². The smallest absolute Gasteiger partial charge is 0.147 e. The minimum absolute atomic E-state index is 0.771. The van der Waals surface area contributed by atoms with Gasteiger partial charge in [0.05, 0.1) is 0 Å². The molecule has 1 unspecified atom stereocenters. The zero-order chi connectivity index (χ0) is 9.26. The van der Waals surface area contributed by atoms with E-state index >= 15 is 0 Å². The molecule has 0 fully saturated rings. The molecular formula is C11H15NO. The van der Waals surface area contributed by atoms with Crippen LogP contribution in [0.1, 0.15) is 24.5 Å². The third-order valence-corrected chi connectivity index (χ3v) is 2.79. The largest absolute Gasteiger partial charge is 0.412 e. The average Bonchev–Trinajstić information content (AvgIpc) is 2.16. The van der Waals surface area contributed by atoms with Crippen LogP contribution in [0.15, 0.2) is 18.2 Å². The molecule has 0 saturated heterocycles. The second-order valence-electron chi connectivity index (χ2n) is 3.90. The minimum Gasteiger partial charge on any atom is -0.412 e. The molecule has 0 saturated carbocycles. The van der Waals surface area contributed by atoms with E-state index in [0.717, 1.165) is 18.1 Å². The van der Waals surface area contributed by atoms with Gasteiger partial charge >= 0.3 is 0 Å². The van der Waals surface area contributed by atoms with E-state index in [9.17, 15) is 0 Å². The van der Waals surface area contributed by atoms with Gasteiger partial charge in [0.25, 0.3) is 0 Å². The summed E-state index contributed by atoms with van der Waals surface area (Å²) in [5, 5.41) is 0. The number of fused-ring (bicyclic) bond motifs is 1. The van der Waals surface area contributed by atoms with Crippen LogP contribution in [-0.2, 0) is 12.8 Å². The SMILES string of the molecule is CC1CCc2ccc(ON)cc2C1. The summed E-state index contributed by atoms with van der Waals surface area (Å²) in [5.41, 5.74) is 2.86. The van der Waals surface area contributed by atoms with Gasteiger partial charge in [0, 0.05) is 0 Å². The molecule has 1 aliphatic carbocycles. The lowest BCUT2D eigenvalue weighted by molar-refractivity contribution is 0.333. The fourth-order valence-electron chi connectivity index (χ4n) is 1.99. The van der Waals surface area contributed by atoms with Gasteiger partial charge in [-0.1, -0.05) is 13.0 Å². The molecule has 2 nitrogen and oxygen atoms in total. The Hall–Kier alpha value is -1.02. The van der Waals surface area contributed by atoms with Gasteiger partial charge in [-0.05, 0) is 48.4 Å². The summed E-state index contributed by atoms with van der Waals surface area (Å²) in [6.45, 7) is 2.29. The number of hydrogen-bond acceptors (Lipinski definition) is 2. The monoisotopic (exact) mass is 177 g/mol. The molecule has 70 valence electrons. The Kier molecular flexibility index (Phi) is 2.23. The summed E-state index contributed by atoms with van der Waals surface area (Å²) in [5.74, 6) is 6.68. The van der Waals surface area contributed by atoms with Crippen molar-refractivity contribution >= 4 is 0 Å². The molecule has 1 atom stereocenters. The predicted octanol–water partition coefficient (Wildman–Crippen LogP) is 2.06. The van der Waals surface area contributed by atoms with E-state index in [1.165, 1.54) is 24.0 Å². The Balaban J connectivity index is 2.32. The van der Waals surface area contributed by atoms with E-state index < -0.39 is 0 Å². The molecule has 0 aliphatic heterocycles. The van der Waals surface area contributed by atoms with Crippen molar-refractivity contribution in [2.45, 2.75) is 26.2 Å². The lowest BCUT2D eigenvalue weighted by Gasteiger charge is -2.21. The molecule has 2 heteroatoms. The second-order valence-corrected chi connectivity index (χ2v) is 3.90. The molecule has 0 heterocycles. The predicted molar refractivity (Wildman–Crippen MR) is 52.4 cm³/mol. The lowest BCUT2D eigenvalue weighted by atomic mass is 9.85. The number of nitrogens with two attached hydrogens (primary N) is 1. The van der Waals surface area contributed by atoms with Gasteiger partial charge in [-0.15, -0.1) is 0 Å². The molecule has 2 rings (SSSR count). The lowest BCUT2D eigenvalue weighted by Crippen LogP contribution is -2.12. The minimum atomic E-state index is 0.771. The van der Waals surface area contributed by atoms with E-state index in [4.69, 9.17) is 10.7 Å². The highest BCUT2D eigenvalue weighted by Gasteiger charge is 2.15. The highest BCUT2D eigenvalue weighted by atomic mass is 16.6. The summed E-state index contributed by atoms with van der Waals surface area (Å²) < 4.78 is 0. The molecule has 0 amide bonds. The van der Waals surface area contributed by atoms with Crippen molar-refractivity contribution < 1.29 is 4.84 Å². The average molecular weight is 177 g/mol. The molecular weight excluding hydrogens is 162 g/mol. The van der Waals surface area contributed by atoms with Crippen LogP contribution in [0.5, 0.6) is 5.75 Å². The van der Waals surface area contributed by atoms with Crippen molar-refractivity contribution in [3.05, 3.63) is 29.3 Å². The van der Waals surface area contributed by atoms with Gasteiger partial charge < -0.3 is 4.84 Å². The maximum absolute atomic E-state index is 5.12.